The number of hydrogen-bond donors (Lipinski definition) is 0. The highest BCUT2D eigenvalue weighted by Gasteiger charge is 2.04. The normalized spacial score (nSPS) is 10.1. The summed E-state index contributed by atoms with van der Waals surface area (Å²) < 4.78 is 5.32. The van der Waals surface area contributed by atoms with Gasteiger partial charge in [0.05, 0.1) is 7.11 Å². The van der Waals surface area contributed by atoms with E-state index in [1.165, 1.54) is 4.90 Å². The average Bonchev–Trinajstić information content (AvgIpc) is 2.39. The molecule has 0 bridgehead atoms. The molecule has 1 radical (unpaired) electrons. The van der Waals surface area contributed by atoms with E-state index in [2.05, 4.69) is 36.6 Å². The molecule has 16 heavy (non-hydrogen) atoms. The van der Waals surface area contributed by atoms with Gasteiger partial charge in [-0.25, -0.2) is 0 Å². The number of methoxy groups -OCH3 is 1. The van der Waals surface area contributed by atoms with Crippen LogP contribution < -0.4 is 4.74 Å². The van der Waals surface area contributed by atoms with Gasteiger partial charge in [-0.15, -0.1) is 11.8 Å². The fourth-order valence-corrected chi connectivity index (χ4v) is 1.98. The van der Waals surface area contributed by atoms with Crippen LogP contribution in [0.25, 0.3) is 11.1 Å². The van der Waals surface area contributed by atoms with Crippen molar-refractivity contribution in [2.45, 2.75) is 4.90 Å². The van der Waals surface area contributed by atoms with E-state index in [4.69, 9.17) is 4.74 Å². The molecule has 0 saturated carbocycles. The summed E-state index contributed by atoms with van der Waals surface area (Å²) in [5, 5.41) is 0. The van der Waals surface area contributed by atoms with E-state index >= 15 is 0 Å². The molecule has 0 spiro atoms. The van der Waals surface area contributed by atoms with Crippen LogP contribution in [-0.2, 0) is 0 Å². The minimum Gasteiger partial charge on any atom is -0.496 e. The van der Waals surface area contributed by atoms with Gasteiger partial charge in [-0.1, -0.05) is 24.3 Å². The predicted molar refractivity (Wildman–Crippen MR) is 69.0 cm³/mol. The molecule has 2 rings (SSSR count). The quantitative estimate of drug-likeness (QED) is 0.739. The molecule has 0 unspecified atom stereocenters. The maximum absolute atomic E-state index is 5.32. The van der Waals surface area contributed by atoms with E-state index in [1.807, 2.05) is 18.2 Å². The van der Waals surface area contributed by atoms with Crippen molar-refractivity contribution < 1.29 is 4.74 Å². The van der Waals surface area contributed by atoms with Gasteiger partial charge in [0.2, 0.25) is 0 Å². The van der Waals surface area contributed by atoms with Crippen LogP contribution in [0.4, 0.5) is 0 Å². The topological polar surface area (TPSA) is 9.23 Å². The SMILES string of the molecule is COc1ccc[c]c1-c1ccc(SC)cc1. The van der Waals surface area contributed by atoms with Gasteiger partial charge < -0.3 is 4.74 Å². The summed E-state index contributed by atoms with van der Waals surface area (Å²) in [6, 6.07) is 17.4. The van der Waals surface area contributed by atoms with E-state index in [0.29, 0.717) is 0 Å². The lowest BCUT2D eigenvalue weighted by molar-refractivity contribution is 0.416. The van der Waals surface area contributed by atoms with Crippen LogP contribution >= 0.6 is 11.8 Å². The molecule has 2 aromatic carbocycles. The van der Waals surface area contributed by atoms with Crippen molar-refractivity contribution >= 4 is 11.8 Å². The number of benzene rings is 2. The monoisotopic (exact) mass is 229 g/mol. The lowest BCUT2D eigenvalue weighted by Gasteiger charge is -2.08. The van der Waals surface area contributed by atoms with E-state index in [1.54, 1.807) is 18.9 Å². The van der Waals surface area contributed by atoms with E-state index in [0.717, 1.165) is 16.9 Å². The fourth-order valence-electron chi connectivity index (χ4n) is 1.57. The van der Waals surface area contributed by atoms with Crippen LogP contribution in [0.2, 0.25) is 0 Å². The Labute approximate surface area is 100 Å². The van der Waals surface area contributed by atoms with Crippen molar-refractivity contribution in [2.24, 2.45) is 0 Å². The van der Waals surface area contributed by atoms with Crippen molar-refractivity contribution in [2.75, 3.05) is 13.4 Å². The molecule has 0 N–H and O–H groups in total. The zero-order chi connectivity index (χ0) is 11.4. The maximum Gasteiger partial charge on any atom is 0.127 e. The Morgan fingerprint density at radius 2 is 1.88 bits per heavy atom. The first-order chi connectivity index (χ1) is 7.85. The second-order valence-electron chi connectivity index (χ2n) is 3.34. The van der Waals surface area contributed by atoms with Crippen LogP contribution in [-0.4, -0.2) is 13.4 Å². The van der Waals surface area contributed by atoms with Gasteiger partial charge in [-0.3, -0.25) is 0 Å². The Hall–Kier alpha value is -1.41. The first-order valence-electron chi connectivity index (χ1n) is 5.04. The molecular formula is C14H13OS. The molecule has 0 heterocycles. The van der Waals surface area contributed by atoms with Gasteiger partial charge in [0.25, 0.3) is 0 Å². The molecular weight excluding hydrogens is 216 g/mol. The molecule has 1 nitrogen and oxygen atoms in total. The first kappa shape index (κ1) is 11.1. The molecule has 0 aliphatic heterocycles. The largest absolute Gasteiger partial charge is 0.496 e. The van der Waals surface area contributed by atoms with Gasteiger partial charge in [0, 0.05) is 10.5 Å². The summed E-state index contributed by atoms with van der Waals surface area (Å²) >= 11 is 1.74. The molecule has 0 aliphatic carbocycles. The van der Waals surface area contributed by atoms with Crippen LogP contribution in [0.5, 0.6) is 5.75 Å². The van der Waals surface area contributed by atoms with Crippen molar-refractivity contribution in [1.82, 2.24) is 0 Å². The van der Waals surface area contributed by atoms with Gasteiger partial charge in [0.1, 0.15) is 5.75 Å². The maximum atomic E-state index is 5.32. The third-order valence-corrected chi connectivity index (χ3v) is 3.16. The standard InChI is InChI=1S/C14H13OS/c1-15-14-6-4-3-5-13(14)11-7-9-12(16-2)10-8-11/h3-4,6-10H,1-2H3. The third-order valence-electron chi connectivity index (χ3n) is 2.42. The Kier molecular flexibility index (Phi) is 3.52. The molecule has 81 valence electrons. The van der Waals surface area contributed by atoms with Crippen LogP contribution in [0.1, 0.15) is 0 Å². The van der Waals surface area contributed by atoms with Gasteiger partial charge in [-0.2, -0.15) is 0 Å². The minimum atomic E-state index is 0.861. The highest BCUT2D eigenvalue weighted by atomic mass is 32.2. The van der Waals surface area contributed by atoms with E-state index < -0.39 is 0 Å². The van der Waals surface area contributed by atoms with Crippen LogP contribution in [0.3, 0.4) is 0 Å². The minimum absolute atomic E-state index is 0.861. The summed E-state index contributed by atoms with van der Waals surface area (Å²) in [4.78, 5) is 1.26. The number of hydrogen-bond acceptors (Lipinski definition) is 2. The molecule has 0 aromatic heterocycles. The number of rotatable bonds is 3. The highest BCUT2D eigenvalue weighted by Crippen LogP contribution is 2.30. The Morgan fingerprint density at radius 1 is 1.12 bits per heavy atom. The highest BCUT2D eigenvalue weighted by molar-refractivity contribution is 7.98. The zero-order valence-corrected chi connectivity index (χ0v) is 10.2. The predicted octanol–water partition coefficient (Wildman–Crippen LogP) is 3.88. The van der Waals surface area contributed by atoms with E-state index in [9.17, 15) is 0 Å². The lowest BCUT2D eigenvalue weighted by atomic mass is 10.1. The van der Waals surface area contributed by atoms with Crippen molar-refractivity contribution in [3.8, 4) is 16.9 Å². The fraction of sp³-hybridized carbons (Fsp3) is 0.143. The summed E-state index contributed by atoms with van der Waals surface area (Å²) in [5.74, 6) is 0.861. The van der Waals surface area contributed by atoms with Crippen molar-refractivity contribution in [1.29, 1.82) is 0 Å². The molecule has 0 saturated heterocycles. The summed E-state index contributed by atoms with van der Waals surface area (Å²) in [7, 11) is 1.68. The van der Waals surface area contributed by atoms with Gasteiger partial charge in [0.15, 0.2) is 0 Å². The first-order valence-corrected chi connectivity index (χ1v) is 6.26. The lowest BCUT2D eigenvalue weighted by Crippen LogP contribution is -1.87. The van der Waals surface area contributed by atoms with Gasteiger partial charge in [-0.05, 0) is 36.1 Å². The van der Waals surface area contributed by atoms with Crippen molar-refractivity contribution in [3.63, 3.8) is 0 Å². The third kappa shape index (κ3) is 2.22. The molecule has 0 amide bonds. The number of ether oxygens (including phenoxy) is 1. The van der Waals surface area contributed by atoms with Crippen molar-refractivity contribution in [3.05, 3.63) is 48.5 Å². The smallest absolute Gasteiger partial charge is 0.127 e. The Morgan fingerprint density at radius 3 is 2.50 bits per heavy atom. The van der Waals surface area contributed by atoms with Crippen LogP contribution in [0.15, 0.2) is 47.4 Å². The van der Waals surface area contributed by atoms with Gasteiger partial charge >= 0.3 is 0 Å². The Bertz CT molecular complexity index is 462. The summed E-state index contributed by atoms with van der Waals surface area (Å²) in [5.41, 5.74) is 2.15. The molecule has 2 aromatic rings. The summed E-state index contributed by atoms with van der Waals surface area (Å²) in [6.07, 6.45) is 2.07. The van der Waals surface area contributed by atoms with Crippen LogP contribution in [0, 0.1) is 6.07 Å². The average molecular weight is 229 g/mol. The second kappa shape index (κ2) is 5.08. The molecule has 2 heteroatoms. The zero-order valence-electron chi connectivity index (χ0n) is 9.36. The second-order valence-corrected chi connectivity index (χ2v) is 4.22. The number of thioether (sulfide) groups is 1. The Balaban J connectivity index is 2.42. The molecule has 0 fully saturated rings. The molecule has 0 atom stereocenters. The summed E-state index contributed by atoms with van der Waals surface area (Å²) in [6.45, 7) is 0. The molecule has 0 aliphatic rings. The van der Waals surface area contributed by atoms with E-state index in [-0.39, 0.29) is 0 Å².